The summed E-state index contributed by atoms with van der Waals surface area (Å²) in [5.41, 5.74) is 0. The van der Waals surface area contributed by atoms with E-state index in [2.05, 4.69) is 28.0 Å². The Kier molecular flexibility index (Phi) is 2.49. The van der Waals surface area contributed by atoms with Crippen LogP contribution in [-0.2, 0) is 0 Å². The van der Waals surface area contributed by atoms with Crippen LogP contribution in [0, 0.1) is 0 Å². The van der Waals surface area contributed by atoms with Crippen LogP contribution in [0.1, 0.15) is 37.9 Å². The molecule has 1 aromatic rings. The molecule has 1 aromatic heterocycles. The molecule has 1 rings (SSSR count). The molecule has 1 heterocycles. The second kappa shape index (κ2) is 3.21. The summed E-state index contributed by atoms with van der Waals surface area (Å²) in [4.78, 5) is 1.50. The van der Waals surface area contributed by atoms with Crippen molar-refractivity contribution in [2.45, 2.75) is 32.1 Å². The summed E-state index contributed by atoms with van der Waals surface area (Å²) in [7, 11) is 0. The largest absolute Gasteiger partial charge is 0.177 e. The normalized spacial score (nSPS) is 13.9. The zero-order valence-electron chi connectivity index (χ0n) is 6.89. The summed E-state index contributed by atoms with van der Waals surface area (Å²) >= 11 is 4.17. The molecular weight excluding hydrogens is 160 g/mol. The second-order valence-electron chi connectivity index (χ2n) is 2.75. The number of thiol groups is 1. The molecule has 1 unspecified atom stereocenters. The van der Waals surface area contributed by atoms with Crippen LogP contribution in [0.5, 0.6) is 0 Å². The van der Waals surface area contributed by atoms with Crippen molar-refractivity contribution in [2.24, 2.45) is 0 Å². The minimum Gasteiger partial charge on any atom is -0.151 e. The molecule has 0 spiro atoms. The van der Waals surface area contributed by atoms with E-state index in [1.807, 2.05) is 20.8 Å². The lowest BCUT2D eigenvalue weighted by Crippen LogP contribution is -2.03. The fraction of sp³-hybridized carbons (Fsp3) is 0.833. The lowest BCUT2D eigenvalue weighted by Gasteiger charge is -1.98. The second-order valence-corrected chi connectivity index (χ2v) is 3.50. The molecule has 0 amide bonds. The molecule has 0 aliphatic heterocycles. The molecule has 0 radical (unpaired) electrons. The third-order valence-electron chi connectivity index (χ3n) is 1.29. The van der Waals surface area contributed by atoms with Crippen LogP contribution in [0.4, 0.5) is 0 Å². The maximum atomic E-state index is 4.17. The van der Waals surface area contributed by atoms with Crippen LogP contribution in [0.25, 0.3) is 0 Å². The minimum atomic E-state index is -0.00463. The maximum Gasteiger partial charge on any atom is 0.177 e. The topological polar surface area (TPSA) is 43.6 Å². The Labute approximate surface area is 71.4 Å². The average Bonchev–Trinajstić information content (AvgIpc) is 2.33. The molecule has 4 nitrogen and oxygen atoms in total. The van der Waals surface area contributed by atoms with E-state index in [0.29, 0.717) is 5.92 Å². The average molecular weight is 172 g/mol. The Morgan fingerprint density at radius 2 is 2.00 bits per heavy atom. The molecule has 0 aromatic carbocycles. The zero-order valence-corrected chi connectivity index (χ0v) is 7.79. The van der Waals surface area contributed by atoms with Crippen LogP contribution in [0.3, 0.4) is 0 Å². The molecule has 0 aliphatic carbocycles. The first-order valence-electron chi connectivity index (χ1n) is 3.58. The first kappa shape index (κ1) is 8.52. The molecular formula is C6H12N4S. The highest BCUT2D eigenvalue weighted by atomic mass is 32.1. The molecule has 0 fully saturated rings. The molecule has 0 N–H and O–H groups in total. The van der Waals surface area contributed by atoms with Gasteiger partial charge in [0, 0.05) is 5.92 Å². The van der Waals surface area contributed by atoms with Gasteiger partial charge in [0.15, 0.2) is 5.82 Å². The van der Waals surface area contributed by atoms with E-state index in [1.165, 1.54) is 4.80 Å². The van der Waals surface area contributed by atoms with Crippen molar-refractivity contribution in [2.75, 3.05) is 0 Å². The van der Waals surface area contributed by atoms with Crippen molar-refractivity contribution < 1.29 is 0 Å². The summed E-state index contributed by atoms with van der Waals surface area (Å²) in [6, 6.07) is 0. The summed E-state index contributed by atoms with van der Waals surface area (Å²) < 4.78 is 0. The van der Waals surface area contributed by atoms with E-state index in [-0.39, 0.29) is 5.37 Å². The smallest absolute Gasteiger partial charge is 0.151 e. The Bertz CT molecular complexity index is 208. The summed E-state index contributed by atoms with van der Waals surface area (Å²) in [5, 5.41) is 11.8. The zero-order chi connectivity index (χ0) is 8.43. The van der Waals surface area contributed by atoms with E-state index in [9.17, 15) is 0 Å². The Morgan fingerprint density at radius 3 is 2.27 bits per heavy atom. The van der Waals surface area contributed by atoms with E-state index in [0.717, 1.165) is 5.82 Å². The highest BCUT2D eigenvalue weighted by Gasteiger charge is 2.08. The van der Waals surface area contributed by atoms with Gasteiger partial charge < -0.3 is 0 Å². The Morgan fingerprint density at radius 1 is 1.36 bits per heavy atom. The van der Waals surface area contributed by atoms with E-state index in [1.54, 1.807) is 0 Å². The van der Waals surface area contributed by atoms with Gasteiger partial charge in [-0.1, -0.05) is 13.8 Å². The number of tetrazole rings is 1. The number of hydrogen-bond donors (Lipinski definition) is 1. The van der Waals surface area contributed by atoms with Crippen molar-refractivity contribution in [3.8, 4) is 0 Å². The van der Waals surface area contributed by atoms with Crippen molar-refractivity contribution in [1.82, 2.24) is 20.2 Å². The third-order valence-corrected chi connectivity index (χ3v) is 1.50. The SMILES string of the molecule is CC(C)c1nnn(C(C)S)n1. The first-order chi connectivity index (χ1) is 5.11. The number of nitrogens with zero attached hydrogens (tertiary/aromatic N) is 4. The van der Waals surface area contributed by atoms with Gasteiger partial charge in [0.25, 0.3) is 0 Å². The number of aromatic nitrogens is 4. The third kappa shape index (κ3) is 1.92. The molecule has 0 saturated heterocycles. The number of hydrogen-bond acceptors (Lipinski definition) is 4. The van der Waals surface area contributed by atoms with Gasteiger partial charge in [-0.25, -0.2) is 0 Å². The van der Waals surface area contributed by atoms with Gasteiger partial charge in [-0.15, -0.1) is 10.2 Å². The lowest BCUT2D eigenvalue weighted by molar-refractivity contribution is 0.539. The van der Waals surface area contributed by atoms with Crippen molar-refractivity contribution >= 4 is 12.6 Å². The fourth-order valence-electron chi connectivity index (χ4n) is 0.626. The van der Waals surface area contributed by atoms with Gasteiger partial charge in [0.2, 0.25) is 0 Å². The summed E-state index contributed by atoms with van der Waals surface area (Å²) in [6.07, 6.45) is 0. The monoisotopic (exact) mass is 172 g/mol. The first-order valence-corrected chi connectivity index (χ1v) is 4.10. The molecule has 62 valence electrons. The molecule has 0 aliphatic rings. The quantitative estimate of drug-likeness (QED) is 0.683. The van der Waals surface area contributed by atoms with Crippen LogP contribution in [0.15, 0.2) is 0 Å². The standard InChI is InChI=1S/C6H12N4S/c1-4(2)6-7-9-10(8-6)5(3)11/h4-5,11H,1-3H3. The van der Waals surface area contributed by atoms with Crippen molar-refractivity contribution in [3.63, 3.8) is 0 Å². The molecule has 11 heavy (non-hydrogen) atoms. The van der Waals surface area contributed by atoms with E-state index < -0.39 is 0 Å². The van der Waals surface area contributed by atoms with E-state index >= 15 is 0 Å². The predicted octanol–water partition coefficient (Wildman–Crippen LogP) is 1.24. The fourth-order valence-corrected chi connectivity index (χ4v) is 0.724. The van der Waals surface area contributed by atoms with Crippen LogP contribution < -0.4 is 0 Å². The van der Waals surface area contributed by atoms with Gasteiger partial charge in [0.05, 0.1) is 0 Å². The Hall–Kier alpha value is -0.580. The molecule has 0 saturated carbocycles. The van der Waals surface area contributed by atoms with Crippen LogP contribution in [0.2, 0.25) is 0 Å². The van der Waals surface area contributed by atoms with Crippen molar-refractivity contribution in [1.29, 1.82) is 0 Å². The van der Waals surface area contributed by atoms with Gasteiger partial charge in [0.1, 0.15) is 5.37 Å². The maximum absolute atomic E-state index is 4.17. The van der Waals surface area contributed by atoms with Gasteiger partial charge in [-0.05, 0) is 12.1 Å². The van der Waals surface area contributed by atoms with Crippen LogP contribution >= 0.6 is 12.6 Å². The van der Waals surface area contributed by atoms with Gasteiger partial charge in [-0.3, -0.25) is 0 Å². The Balaban J connectivity index is 2.82. The lowest BCUT2D eigenvalue weighted by atomic mass is 10.2. The molecule has 1 atom stereocenters. The van der Waals surface area contributed by atoms with E-state index in [4.69, 9.17) is 0 Å². The summed E-state index contributed by atoms with van der Waals surface area (Å²) in [5.74, 6) is 1.10. The highest BCUT2D eigenvalue weighted by molar-refractivity contribution is 7.80. The van der Waals surface area contributed by atoms with Gasteiger partial charge in [-0.2, -0.15) is 17.4 Å². The summed E-state index contributed by atoms with van der Waals surface area (Å²) in [6.45, 7) is 5.96. The van der Waals surface area contributed by atoms with Gasteiger partial charge >= 0.3 is 0 Å². The number of rotatable bonds is 2. The highest BCUT2D eigenvalue weighted by Crippen LogP contribution is 2.09. The van der Waals surface area contributed by atoms with Crippen molar-refractivity contribution in [3.05, 3.63) is 5.82 Å². The molecule has 0 bridgehead atoms. The minimum absolute atomic E-state index is 0.00463. The predicted molar refractivity (Wildman–Crippen MR) is 45.6 cm³/mol. The van der Waals surface area contributed by atoms with Crippen LogP contribution in [-0.4, -0.2) is 20.2 Å². The molecule has 5 heteroatoms.